The highest BCUT2D eigenvalue weighted by Crippen LogP contribution is 2.29. The molecule has 1 atom stereocenters. The summed E-state index contributed by atoms with van der Waals surface area (Å²) < 4.78 is 0. The normalized spacial score (nSPS) is 11.4. The Morgan fingerprint density at radius 1 is 0.853 bits per heavy atom. The number of amides is 3. The topological polar surface area (TPSA) is 87.3 Å². The molecule has 0 heterocycles. The Labute approximate surface area is 212 Å². The standard InChI is InChI=1S/C25H23Cl2N3O3S/c1-3-23(25(33)29-18-10-8-17(9-11-18)28-15(2)31)34-20-6-4-5-19(14-20)30-24(32)21-12-7-16(26)13-22(21)27/h4-14,23H,3H2,1-2H3,(H,28,31)(H,29,33)(H,30,32). The molecule has 0 saturated carbocycles. The van der Waals surface area contributed by atoms with Gasteiger partial charge in [0.1, 0.15) is 0 Å². The van der Waals surface area contributed by atoms with Crippen LogP contribution in [0, 0.1) is 0 Å². The monoisotopic (exact) mass is 515 g/mol. The van der Waals surface area contributed by atoms with Gasteiger partial charge in [0.15, 0.2) is 0 Å². The fourth-order valence-corrected chi connectivity index (χ4v) is 4.58. The lowest BCUT2D eigenvalue weighted by atomic mass is 10.2. The summed E-state index contributed by atoms with van der Waals surface area (Å²) in [5, 5.41) is 8.80. The SMILES string of the molecule is CCC(Sc1cccc(NC(=O)c2ccc(Cl)cc2Cl)c1)C(=O)Nc1ccc(NC(C)=O)cc1. The second-order valence-corrected chi connectivity index (χ2v) is 9.49. The molecule has 0 saturated heterocycles. The molecule has 0 aliphatic rings. The number of rotatable bonds is 8. The minimum absolute atomic E-state index is 0.137. The van der Waals surface area contributed by atoms with Gasteiger partial charge in [-0.2, -0.15) is 0 Å². The molecule has 0 bridgehead atoms. The molecule has 0 aliphatic heterocycles. The van der Waals surface area contributed by atoms with Crippen molar-refractivity contribution < 1.29 is 14.4 Å². The van der Waals surface area contributed by atoms with E-state index < -0.39 is 0 Å². The molecule has 34 heavy (non-hydrogen) atoms. The van der Waals surface area contributed by atoms with Gasteiger partial charge >= 0.3 is 0 Å². The number of hydrogen-bond donors (Lipinski definition) is 3. The highest BCUT2D eigenvalue weighted by Gasteiger charge is 2.19. The number of thioether (sulfide) groups is 1. The zero-order valence-electron chi connectivity index (χ0n) is 18.5. The quantitative estimate of drug-likeness (QED) is 0.290. The average molecular weight is 516 g/mol. The predicted molar refractivity (Wildman–Crippen MR) is 140 cm³/mol. The van der Waals surface area contributed by atoms with Crippen LogP contribution in [0.15, 0.2) is 71.6 Å². The van der Waals surface area contributed by atoms with Gasteiger partial charge in [0.2, 0.25) is 11.8 Å². The number of carbonyl (C=O) groups excluding carboxylic acids is 3. The molecule has 176 valence electrons. The molecule has 3 N–H and O–H groups in total. The largest absolute Gasteiger partial charge is 0.326 e. The van der Waals surface area contributed by atoms with E-state index in [4.69, 9.17) is 23.2 Å². The molecule has 0 spiro atoms. The number of halogens is 2. The summed E-state index contributed by atoms with van der Waals surface area (Å²) in [5.74, 6) is -0.646. The Kier molecular flexibility index (Phi) is 8.98. The van der Waals surface area contributed by atoms with Gasteiger partial charge in [-0.15, -0.1) is 11.8 Å². The van der Waals surface area contributed by atoms with Gasteiger partial charge in [-0.1, -0.05) is 36.2 Å². The summed E-state index contributed by atoms with van der Waals surface area (Å²) >= 11 is 13.4. The molecule has 0 aliphatic carbocycles. The van der Waals surface area contributed by atoms with Crippen molar-refractivity contribution in [1.82, 2.24) is 0 Å². The molecular weight excluding hydrogens is 493 g/mol. The van der Waals surface area contributed by atoms with Crippen LogP contribution in [-0.2, 0) is 9.59 Å². The van der Waals surface area contributed by atoms with E-state index >= 15 is 0 Å². The van der Waals surface area contributed by atoms with Crippen molar-refractivity contribution >= 4 is 69.7 Å². The molecule has 3 aromatic carbocycles. The third-order valence-corrected chi connectivity index (χ3v) is 6.59. The molecule has 0 aromatic heterocycles. The number of nitrogens with one attached hydrogen (secondary N) is 3. The Morgan fingerprint density at radius 2 is 1.53 bits per heavy atom. The summed E-state index contributed by atoms with van der Waals surface area (Å²) in [5.41, 5.74) is 2.20. The molecular formula is C25H23Cl2N3O3S. The summed E-state index contributed by atoms with van der Waals surface area (Å²) in [6.07, 6.45) is 0.609. The summed E-state index contributed by atoms with van der Waals surface area (Å²) in [4.78, 5) is 37.4. The third kappa shape index (κ3) is 7.25. The van der Waals surface area contributed by atoms with Gasteiger partial charge in [-0.3, -0.25) is 14.4 Å². The van der Waals surface area contributed by atoms with Crippen molar-refractivity contribution in [3.8, 4) is 0 Å². The van der Waals surface area contributed by atoms with Crippen molar-refractivity contribution in [1.29, 1.82) is 0 Å². The number of carbonyl (C=O) groups is 3. The zero-order valence-corrected chi connectivity index (χ0v) is 20.9. The minimum Gasteiger partial charge on any atom is -0.326 e. The van der Waals surface area contributed by atoms with E-state index in [0.29, 0.717) is 34.1 Å². The van der Waals surface area contributed by atoms with Gasteiger partial charge in [0.25, 0.3) is 5.91 Å². The first-order valence-electron chi connectivity index (χ1n) is 10.5. The molecule has 3 rings (SSSR count). The van der Waals surface area contributed by atoms with Crippen LogP contribution in [0.1, 0.15) is 30.6 Å². The van der Waals surface area contributed by atoms with Crippen molar-refractivity contribution in [2.75, 3.05) is 16.0 Å². The number of benzene rings is 3. The van der Waals surface area contributed by atoms with E-state index in [1.807, 2.05) is 25.1 Å². The van der Waals surface area contributed by atoms with E-state index in [1.54, 1.807) is 42.5 Å². The molecule has 1 unspecified atom stereocenters. The second kappa shape index (κ2) is 11.9. The lowest BCUT2D eigenvalue weighted by molar-refractivity contribution is -0.116. The van der Waals surface area contributed by atoms with E-state index in [-0.39, 0.29) is 28.0 Å². The van der Waals surface area contributed by atoms with Gasteiger partial charge in [0, 0.05) is 33.9 Å². The summed E-state index contributed by atoms with van der Waals surface area (Å²) in [7, 11) is 0. The van der Waals surface area contributed by atoms with E-state index in [9.17, 15) is 14.4 Å². The van der Waals surface area contributed by atoms with Crippen LogP contribution in [-0.4, -0.2) is 23.0 Å². The van der Waals surface area contributed by atoms with Crippen LogP contribution in [0.4, 0.5) is 17.1 Å². The van der Waals surface area contributed by atoms with Crippen LogP contribution in [0.3, 0.4) is 0 Å². The van der Waals surface area contributed by atoms with Gasteiger partial charge < -0.3 is 16.0 Å². The Bertz CT molecular complexity index is 1200. The fourth-order valence-electron chi connectivity index (χ4n) is 3.07. The first-order chi connectivity index (χ1) is 16.2. The molecule has 0 fully saturated rings. The third-order valence-electron chi connectivity index (χ3n) is 4.68. The van der Waals surface area contributed by atoms with Gasteiger partial charge in [0.05, 0.1) is 15.8 Å². The predicted octanol–water partition coefficient (Wildman–Crippen LogP) is 6.71. The van der Waals surface area contributed by atoms with Crippen LogP contribution in [0.25, 0.3) is 0 Å². The van der Waals surface area contributed by atoms with Crippen molar-refractivity contribution in [2.45, 2.75) is 30.4 Å². The second-order valence-electron chi connectivity index (χ2n) is 7.37. The lowest BCUT2D eigenvalue weighted by Crippen LogP contribution is -2.24. The molecule has 6 nitrogen and oxygen atoms in total. The van der Waals surface area contributed by atoms with Gasteiger partial charge in [-0.05, 0) is 67.1 Å². The molecule has 3 aromatic rings. The maximum atomic E-state index is 12.8. The van der Waals surface area contributed by atoms with Crippen molar-refractivity contribution in [2.24, 2.45) is 0 Å². The molecule has 0 radical (unpaired) electrons. The summed E-state index contributed by atoms with van der Waals surface area (Å²) in [6, 6.07) is 18.9. The van der Waals surface area contributed by atoms with E-state index in [2.05, 4.69) is 16.0 Å². The highest BCUT2D eigenvalue weighted by molar-refractivity contribution is 8.00. The molecule has 3 amide bonds. The van der Waals surface area contributed by atoms with Gasteiger partial charge in [-0.25, -0.2) is 0 Å². The smallest absolute Gasteiger partial charge is 0.257 e. The van der Waals surface area contributed by atoms with E-state index in [0.717, 1.165) is 4.90 Å². The lowest BCUT2D eigenvalue weighted by Gasteiger charge is -2.16. The first-order valence-corrected chi connectivity index (χ1v) is 12.1. The highest BCUT2D eigenvalue weighted by atomic mass is 35.5. The summed E-state index contributed by atoms with van der Waals surface area (Å²) in [6.45, 7) is 3.37. The van der Waals surface area contributed by atoms with Crippen molar-refractivity contribution in [3.63, 3.8) is 0 Å². The zero-order chi connectivity index (χ0) is 24.7. The Hall–Kier alpha value is -3.00. The first kappa shape index (κ1) is 25.6. The maximum absolute atomic E-state index is 12.8. The maximum Gasteiger partial charge on any atom is 0.257 e. The van der Waals surface area contributed by atoms with Crippen molar-refractivity contribution in [3.05, 3.63) is 82.3 Å². The number of anilines is 3. The van der Waals surface area contributed by atoms with Crippen LogP contribution in [0.2, 0.25) is 10.0 Å². The average Bonchev–Trinajstić information content (AvgIpc) is 2.78. The van der Waals surface area contributed by atoms with Crippen LogP contribution >= 0.6 is 35.0 Å². The Morgan fingerprint density at radius 3 is 2.15 bits per heavy atom. The van der Waals surface area contributed by atoms with E-state index in [1.165, 1.54) is 24.8 Å². The Balaban J connectivity index is 1.64. The fraction of sp³-hybridized carbons (Fsp3) is 0.160. The van der Waals surface area contributed by atoms with Crippen LogP contribution in [0.5, 0.6) is 0 Å². The molecule has 9 heteroatoms. The number of hydrogen-bond acceptors (Lipinski definition) is 4. The minimum atomic E-state index is -0.351. The van der Waals surface area contributed by atoms with Crippen LogP contribution < -0.4 is 16.0 Å².